The Morgan fingerprint density at radius 3 is 2.46 bits per heavy atom. The summed E-state index contributed by atoms with van der Waals surface area (Å²) in [4.78, 5) is 11.0. The van der Waals surface area contributed by atoms with Crippen molar-refractivity contribution in [2.75, 3.05) is 6.61 Å². The van der Waals surface area contributed by atoms with E-state index in [1.165, 1.54) is 6.07 Å². The quantitative estimate of drug-likeness (QED) is 0.462. The molecule has 0 saturated carbocycles. The van der Waals surface area contributed by atoms with Crippen LogP contribution in [0.2, 0.25) is 0 Å². The Hall–Kier alpha value is -1.55. The third kappa shape index (κ3) is 1.78. The highest BCUT2D eigenvalue weighted by molar-refractivity contribution is 5.97. The maximum absolute atomic E-state index is 11.0. The van der Waals surface area contributed by atoms with Gasteiger partial charge >= 0.3 is 0 Å². The summed E-state index contributed by atoms with van der Waals surface area (Å²) in [6.07, 6.45) is 0. The van der Waals surface area contributed by atoms with Crippen molar-refractivity contribution < 1.29 is 20.1 Å². The third-order valence-corrected chi connectivity index (χ3v) is 1.75. The van der Waals surface area contributed by atoms with Crippen molar-refractivity contribution in [2.45, 2.75) is 6.92 Å². The van der Waals surface area contributed by atoms with Gasteiger partial charge in [0.25, 0.3) is 0 Å². The second kappa shape index (κ2) is 3.45. The largest absolute Gasteiger partial charge is 0.504 e. The van der Waals surface area contributed by atoms with Gasteiger partial charge in [0.2, 0.25) is 0 Å². The van der Waals surface area contributed by atoms with Gasteiger partial charge in [0, 0.05) is 5.56 Å². The molecule has 4 heteroatoms. The molecule has 0 spiro atoms. The predicted octanol–water partition coefficient (Wildman–Crippen LogP) is 0.581. The molecular formula is C9H10O4. The molecule has 0 saturated heterocycles. The normalized spacial score (nSPS) is 10.0. The molecule has 0 aliphatic rings. The molecule has 0 radical (unpaired) electrons. The Balaban J connectivity index is 3.20. The van der Waals surface area contributed by atoms with Gasteiger partial charge in [-0.25, -0.2) is 0 Å². The molecule has 0 bridgehead atoms. The van der Waals surface area contributed by atoms with Crippen molar-refractivity contribution in [3.8, 4) is 11.5 Å². The monoisotopic (exact) mass is 182 g/mol. The zero-order valence-electron chi connectivity index (χ0n) is 7.11. The maximum atomic E-state index is 11.0. The summed E-state index contributed by atoms with van der Waals surface area (Å²) in [7, 11) is 0. The van der Waals surface area contributed by atoms with E-state index in [1.807, 2.05) is 0 Å². The molecule has 1 aromatic carbocycles. The number of ketones is 1. The Labute approximate surface area is 75.1 Å². The fourth-order valence-corrected chi connectivity index (χ4v) is 1.01. The smallest absolute Gasteiger partial charge is 0.188 e. The number of hydrogen-bond donors (Lipinski definition) is 3. The summed E-state index contributed by atoms with van der Waals surface area (Å²) in [6.45, 7) is 0.951. The van der Waals surface area contributed by atoms with Crippen molar-refractivity contribution in [2.24, 2.45) is 0 Å². The van der Waals surface area contributed by atoms with E-state index in [0.29, 0.717) is 5.56 Å². The fourth-order valence-electron chi connectivity index (χ4n) is 1.01. The van der Waals surface area contributed by atoms with Crippen LogP contribution in [-0.4, -0.2) is 27.7 Å². The van der Waals surface area contributed by atoms with Gasteiger partial charge in [0.05, 0.1) is 0 Å². The third-order valence-electron chi connectivity index (χ3n) is 1.75. The molecule has 0 amide bonds. The highest BCUT2D eigenvalue weighted by atomic mass is 16.3. The molecule has 3 N–H and O–H groups in total. The number of aromatic hydroxyl groups is 2. The first kappa shape index (κ1) is 9.54. The molecule has 0 aromatic heterocycles. The molecule has 4 nitrogen and oxygen atoms in total. The van der Waals surface area contributed by atoms with E-state index in [2.05, 4.69) is 0 Å². The minimum atomic E-state index is -0.607. The van der Waals surface area contributed by atoms with Crippen LogP contribution in [0.25, 0.3) is 0 Å². The first-order valence-electron chi connectivity index (χ1n) is 3.73. The van der Waals surface area contributed by atoms with Gasteiger partial charge in [-0.2, -0.15) is 0 Å². The molecule has 0 unspecified atom stereocenters. The van der Waals surface area contributed by atoms with Crippen molar-refractivity contribution >= 4 is 5.78 Å². The molecule has 1 rings (SSSR count). The van der Waals surface area contributed by atoms with Gasteiger partial charge < -0.3 is 15.3 Å². The molecule has 0 atom stereocenters. The molecule has 1 aromatic rings. The number of benzene rings is 1. The summed E-state index contributed by atoms with van der Waals surface area (Å²) in [5, 5.41) is 26.8. The van der Waals surface area contributed by atoms with E-state index in [1.54, 1.807) is 6.92 Å². The van der Waals surface area contributed by atoms with E-state index in [4.69, 9.17) is 15.3 Å². The van der Waals surface area contributed by atoms with E-state index in [0.717, 1.165) is 6.07 Å². The Bertz CT molecular complexity index is 320. The molecular weight excluding hydrogens is 172 g/mol. The predicted molar refractivity (Wildman–Crippen MR) is 45.9 cm³/mol. The minimum Gasteiger partial charge on any atom is -0.504 e. The summed E-state index contributed by atoms with van der Waals surface area (Å²) in [5.41, 5.74) is 0.590. The average Bonchev–Trinajstić information content (AvgIpc) is 2.12. The topological polar surface area (TPSA) is 77.8 Å². The van der Waals surface area contributed by atoms with Gasteiger partial charge in [-0.05, 0) is 24.6 Å². The summed E-state index contributed by atoms with van der Waals surface area (Å²) >= 11 is 0. The number of phenolic OH excluding ortho intramolecular Hbond substituents is 2. The zero-order chi connectivity index (χ0) is 10.0. The highest BCUT2D eigenvalue weighted by Crippen LogP contribution is 2.29. The number of phenols is 2. The number of hydrogen-bond acceptors (Lipinski definition) is 4. The minimum absolute atomic E-state index is 0.190. The first-order chi connectivity index (χ1) is 6.06. The van der Waals surface area contributed by atoms with Gasteiger partial charge in [-0.1, -0.05) is 0 Å². The number of carbonyl (C=O) groups is 1. The second-order valence-corrected chi connectivity index (χ2v) is 2.74. The second-order valence-electron chi connectivity index (χ2n) is 2.74. The summed E-state index contributed by atoms with van der Waals surface area (Å²) < 4.78 is 0. The van der Waals surface area contributed by atoms with Crippen molar-refractivity contribution in [1.29, 1.82) is 0 Å². The molecule has 0 heterocycles. The standard InChI is InChI=1S/C9H10O4/c1-5-2-6(8(12)4-10)3-7(11)9(5)13/h2-3,10-11,13H,4H2,1H3. The van der Waals surface area contributed by atoms with E-state index < -0.39 is 12.4 Å². The van der Waals surface area contributed by atoms with Crippen LogP contribution in [0.1, 0.15) is 15.9 Å². The fraction of sp³-hybridized carbons (Fsp3) is 0.222. The molecule has 13 heavy (non-hydrogen) atoms. The number of carbonyl (C=O) groups excluding carboxylic acids is 1. The average molecular weight is 182 g/mol. The van der Waals surface area contributed by atoms with Crippen LogP contribution in [0.5, 0.6) is 11.5 Å². The van der Waals surface area contributed by atoms with Crippen LogP contribution >= 0.6 is 0 Å². The number of aryl methyl sites for hydroxylation is 1. The maximum Gasteiger partial charge on any atom is 0.188 e. The Kier molecular flexibility index (Phi) is 2.53. The van der Waals surface area contributed by atoms with Gasteiger partial charge in [0.15, 0.2) is 17.3 Å². The summed E-state index contributed by atoms with van der Waals surface area (Å²) in [5.74, 6) is -1.08. The lowest BCUT2D eigenvalue weighted by atomic mass is 10.1. The van der Waals surface area contributed by atoms with E-state index >= 15 is 0 Å². The number of aliphatic hydroxyl groups excluding tert-OH is 1. The van der Waals surface area contributed by atoms with E-state index in [9.17, 15) is 4.79 Å². The summed E-state index contributed by atoms with van der Waals surface area (Å²) in [6, 6.07) is 2.54. The number of Topliss-reactive ketones (excluding diaryl/α,β-unsaturated/α-hetero) is 1. The Morgan fingerprint density at radius 1 is 1.38 bits per heavy atom. The lowest BCUT2D eigenvalue weighted by Crippen LogP contribution is -2.04. The van der Waals surface area contributed by atoms with Gasteiger partial charge in [-0.3, -0.25) is 4.79 Å². The van der Waals surface area contributed by atoms with Crippen LogP contribution in [0.3, 0.4) is 0 Å². The molecule has 0 aliphatic carbocycles. The van der Waals surface area contributed by atoms with E-state index in [-0.39, 0.29) is 17.1 Å². The van der Waals surface area contributed by atoms with Crippen molar-refractivity contribution in [3.05, 3.63) is 23.3 Å². The van der Waals surface area contributed by atoms with Crippen LogP contribution in [0.15, 0.2) is 12.1 Å². The van der Waals surface area contributed by atoms with Crippen LogP contribution in [-0.2, 0) is 0 Å². The molecule has 0 fully saturated rings. The number of aliphatic hydroxyl groups is 1. The Morgan fingerprint density at radius 2 is 2.00 bits per heavy atom. The lowest BCUT2D eigenvalue weighted by molar-refractivity contribution is 0.0903. The van der Waals surface area contributed by atoms with Crippen LogP contribution in [0.4, 0.5) is 0 Å². The number of rotatable bonds is 2. The van der Waals surface area contributed by atoms with Crippen molar-refractivity contribution in [1.82, 2.24) is 0 Å². The zero-order valence-corrected chi connectivity index (χ0v) is 7.11. The van der Waals surface area contributed by atoms with Crippen LogP contribution < -0.4 is 0 Å². The first-order valence-corrected chi connectivity index (χ1v) is 3.73. The lowest BCUT2D eigenvalue weighted by Gasteiger charge is -2.04. The SMILES string of the molecule is Cc1cc(C(=O)CO)cc(O)c1O. The van der Waals surface area contributed by atoms with Crippen molar-refractivity contribution in [3.63, 3.8) is 0 Å². The van der Waals surface area contributed by atoms with Crippen LogP contribution in [0, 0.1) is 6.92 Å². The molecule has 0 aliphatic heterocycles. The molecule has 70 valence electrons. The highest BCUT2D eigenvalue weighted by Gasteiger charge is 2.10. The van der Waals surface area contributed by atoms with Gasteiger partial charge in [-0.15, -0.1) is 0 Å². The van der Waals surface area contributed by atoms with Gasteiger partial charge in [0.1, 0.15) is 6.61 Å².